The van der Waals surface area contributed by atoms with Crippen LogP contribution in [0.5, 0.6) is 0 Å². The van der Waals surface area contributed by atoms with Crippen LogP contribution in [0.4, 0.5) is 0 Å². The van der Waals surface area contributed by atoms with E-state index in [-0.39, 0.29) is 11.8 Å². The molecule has 0 N–H and O–H groups in total. The normalized spacial score (nSPS) is 16.1. The highest BCUT2D eigenvalue weighted by Crippen LogP contribution is 2.16. The minimum absolute atomic E-state index is 0.0555. The quantitative estimate of drug-likeness (QED) is 0.798. The summed E-state index contributed by atoms with van der Waals surface area (Å²) in [5.74, 6) is 0.789. The predicted molar refractivity (Wildman–Crippen MR) is 75.0 cm³/mol. The van der Waals surface area contributed by atoms with Gasteiger partial charge < -0.3 is 4.57 Å². The second-order valence-electron chi connectivity index (χ2n) is 5.12. The second-order valence-corrected chi connectivity index (χ2v) is 5.12. The van der Waals surface area contributed by atoms with Crippen molar-refractivity contribution in [2.24, 2.45) is 7.05 Å². The Morgan fingerprint density at radius 1 is 1.15 bits per heavy atom. The summed E-state index contributed by atoms with van der Waals surface area (Å²) in [5, 5.41) is 0. The molecule has 1 aliphatic rings. The molecular formula is C15H17N3O2. The first-order valence-electron chi connectivity index (χ1n) is 6.90. The zero-order valence-electron chi connectivity index (χ0n) is 11.5. The van der Waals surface area contributed by atoms with Crippen molar-refractivity contribution in [2.75, 3.05) is 6.54 Å². The van der Waals surface area contributed by atoms with Crippen LogP contribution < -0.4 is 0 Å². The van der Waals surface area contributed by atoms with Crippen LogP contribution in [0.25, 0.3) is 11.0 Å². The molecule has 1 aliphatic heterocycles. The summed E-state index contributed by atoms with van der Waals surface area (Å²) < 4.78 is 2.02. The van der Waals surface area contributed by atoms with Crippen LogP contribution in [0.3, 0.4) is 0 Å². The predicted octanol–water partition coefficient (Wildman–Crippen LogP) is 1.65. The molecular weight excluding hydrogens is 254 g/mol. The number of piperidine rings is 1. The van der Waals surface area contributed by atoms with E-state index >= 15 is 0 Å². The molecule has 0 saturated carbocycles. The zero-order chi connectivity index (χ0) is 14.1. The van der Waals surface area contributed by atoms with Gasteiger partial charge in [0.25, 0.3) is 0 Å². The molecule has 3 rings (SSSR count). The highest BCUT2D eigenvalue weighted by atomic mass is 16.2. The van der Waals surface area contributed by atoms with E-state index in [9.17, 15) is 9.59 Å². The number of aryl methyl sites for hydroxylation is 1. The molecule has 5 heteroatoms. The van der Waals surface area contributed by atoms with Crippen LogP contribution in [-0.4, -0.2) is 32.8 Å². The maximum Gasteiger partial charge on any atom is 0.229 e. The van der Waals surface area contributed by atoms with Crippen LogP contribution in [0.1, 0.15) is 25.1 Å². The number of nitrogens with zero attached hydrogens (tertiary/aromatic N) is 3. The van der Waals surface area contributed by atoms with Crippen molar-refractivity contribution >= 4 is 22.8 Å². The number of fused-ring (bicyclic) bond motifs is 1. The number of imide groups is 1. The third kappa shape index (κ3) is 2.19. The number of hydrogen-bond donors (Lipinski definition) is 0. The van der Waals surface area contributed by atoms with Crippen molar-refractivity contribution in [1.29, 1.82) is 0 Å². The summed E-state index contributed by atoms with van der Waals surface area (Å²) in [5.41, 5.74) is 2.01. The molecule has 20 heavy (non-hydrogen) atoms. The fourth-order valence-corrected chi connectivity index (χ4v) is 2.68. The molecule has 2 amide bonds. The summed E-state index contributed by atoms with van der Waals surface area (Å²) >= 11 is 0. The van der Waals surface area contributed by atoms with E-state index in [0.29, 0.717) is 32.2 Å². The molecule has 104 valence electrons. The molecule has 2 aromatic rings. The lowest BCUT2D eigenvalue weighted by molar-refractivity contribution is -0.147. The minimum atomic E-state index is -0.0555. The number of likely N-dealkylation sites (tertiary alicyclic amines) is 1. The molecule has 1 fully saturated rings. The van der Waals surface area contributed by atoms with Gasteiger partial charge in [-0.1, -0.05) is 12.1 Å². The van der Waals surface area contributed by atoms with Crippen LogP contribution >= 0.6 is 0 Å². The molecule has 0 bridgehead atoms. The molecule has 2 heterocycles. The van der Waals surface area contributed by atoms with Gasteiger partial charge in [-0.3, -0.25) is 14.5 Å². The Labute approximate surface area is 117 Å². The van der Waals surface area contributed by atoms with Crippen LogP contribution in [0.2, 0.25) is 0 Å². The maximum absolute atomic E-state index is 11.8. The van der Waals surface area contributed by atoms with Crippen molar-refractivity contribution in [3.8, 4) is 0 Å². The fraction of sp³-hybridized carbons (Fsp3) is 0.400. The Hall–Kier alpha value is -2.17. The third-order valence-electron chi connectivity index (χ3n) is 3.82. The number of hydrogen-bond acceptors (Lipinski definition) is 3. The largest absolute Gasteiger partial charge is 0.331 e. The van der Waals surface area contributed by atoms with E-state index in [1.165, 1.54) is 4.90 Å². The van der Waals surface area contributed by atoms with E-state index in [1.807, 2.05) is 35.9 Å². The molecule has 0 radical (unpaired) electrons. The van der Waals surface area contributed by atoms with Gasteiger partial charge in [-0.05, 0) is 18.6 Å². The van der Waals surface area contributed by atoms with E-state index < -0.39 is 0 Å². The van der Waals surface area contributed by atoms with Gasteiger partial charge in [0.2, 0.25) is 11.8 Å². The van der Waals surface area contributed by atoms with Crippen molar-refractivity contribution in [3.63, 3.8) is 0 Å². The highest BCUT2D eigenvalue weighted by molar-refractivity contribution is 5.97. The third-order valence-corrected chi connectivity index (χ3v) is 3.82. The first-order valence-corrected chi connectivity index (χ1v) is 6.90. The van der Waals surface area contributed by atoms with Crippen LogP contribution in [-0.2, 0) is 23.1 Å². The Morgan fingerprint density at radius 2 is 1.85 bits per heavy atom. The number of carbonyl (C=O) groups excluding carboxylic acids is 2. The number of imidazole rings is 1. The summed E-state index contributed by atoms with van der Waals surface area (Å²) in [7, 11) is 1.96. The number of rotatable bonds is 3. The Morgan fingerprint density at radius 3 is 2.55 bits per heavy atom. The van der Waals surface area contributed by atoms with E-state index in [4.69, 9.17) is 0 Å². The molecule has 1 aromatic heterocycles. The SMILES string of the molecule is Cn1c(CCN2C(=O)CCCC2=O)nc2ccccc21. The van der Waals surface area contributed by atoms with E-state index in [1.54, 1.807) is 0 Å². The molecule has 0 atom stereocenters. The van der Waals surface area contributed by atoms with E-state index in [0.717, 1.165) is 16.9 Å². The van der Waals surface area contributed by atoms with Gasteiger partial charge in [0.1, 0.15) is 5.82 Å². The first-order chi connectivity index (χ1) is 9.66. The number of aromatic nitrogens is 2. The number of para-hydroxylation sites is 2. The molecule has 0 unspecified atom stereocenters. The number of benzene rings is 1. The molecule has 5 nitrogen and oxygen atoms in total. The molecule has 0 aliphatic carbocycles. The molecule has 1 aromatic carbocycles. The lowest BCUT2D eigenvalue weighted by Crippen LogP contribution is -2.41. The van der Waals surface area contributed by atoms with Crippen molar-refractivity contribution < 1.29 is 9.59 Å². The molecule has 0 spiro atoms. The van der Waals surface area contributed by atoms with Gasteiger partial charge in [0.15, 0.2) is 0 Å². The monoisotopic (exact) mass is 271 g/mol. The summed E-state index contributed by atoms with van der Waals surface area (Å²) in [4.78, 5) is 29.5. The van der Waals surface area contributed by atoms with Gasteiger partial charge in [-0.25, -0.2) is 4.98 Å². The summed E-state index contributed by atoms with van der Waals surface area (Å²) in [6.07, 6.45) is 2.24. The smallest absolute Gasteiger partial charge is 0.229 e. The lowest BCUT2D eigenvalue weighted by atomic mass is 10.1. The van der Waals surface area contributed by atoms with Crippen LogP contribution in [0, 0.1) is 0 Å². The van der Waals surface area contributed by atoms with Gasteiger partial charge in [-0.15, -0.1) is 0 Å². The number of amides is 2. The summed E-state index contributed by atoms with van der Waals surface area (Å²) in [6.45, 7) is 0.425. The van der Waals surface area contributed by atoms with Crippen molar-refractivity contribution in [1.82, 2.24) is 14.5 Å². The highest BCUT2D eigenvalue weighted by Gasteiger charge is 2.25. The Bertz CT molecular complexity index is 659. The Balaban J connectivity index is 1.78. The average molecular weight is 271 g/mol. The molecule has 1 saturated heterocycles. The lowest BCUT2D eigenvalue weighted by Gasteiger charge is -2.24. The van der Waals surface area contributed by atoms with Crippen LogP contribution in [0.15, 0.2) is 24.3 Å². The standard InChI is InChI=1S/C15H17N3O2/c1-17-12-6-3-2-5-11(12)16-13(17)9-10-18-14(19)7-4-8-15(18)20/h2-3,5-6H,4,7-10H2,1H3. The summed E-state index contributed by atoms with van der Waals surface area (Å²) in [6, 6.07) is 7.92. The van der Waals surface area contributed by atoms with Gasteiger partial charge in [0.05, 0.1) is 11.0 Å². The Kier molecular flexibility index (Phi) is 3.26. The van der Waals surface area contributed by atoms with E-state index in [2.05, 4.69) is 4.98 Å². The van der Waals surface area contributed by atoms with Gasteiger partial charge in [-0.2, -0.15) is 0 Å². The topological polar surface area (TPSA) is 55.2 Å². The first kappa shape index (κ1) is 12.8. The number of carbonyl (C=O) groups is 2. The van der Waals surface area contributed by atoms with Crippen molar-refractivity contribution in [2.45, 2.75) is 25.7 Å². The zero-order valence-corrected chi connectivity index (χ0v) is 11.5. The van der Waals surface area contributed by atoms with Gasteiger partial charge in [0, 0.05) is 32.9 Å². The maximum atomic E-state index is 11.8. The van der Waals surface area contributed by atoms with Gasteiger partial charge >= 0.3 is 0 Å². The average Bonchev–Trinajstić information content (AvgIpc) is 2.76. The van der Waals surface area contributed by atoms with Crippen molar-refractivity contribution in [3.05, 3.63) is 30.1 Å². The second kappa shape index (κ2) is 5.07. The fourth-order valence-electron chi connectivity index (χ4n) is 2.68. The minimum Gasteiger partial charge on any atom is -0.331 e.